The highest BCUT2D eigenvalue weighted by Gasteiger charge is 2.09. The summed E-state index contributed by atoms with van der Waals surface area (Å²) < 4.78 is 15.5. The Bertz CT molecular complexity index is 561. The van der Waals surface area contributed by atoms with Gasteiger partial charge in [-0.15, -0.1) is 0 Å². The molecule has 0 aliphatic carbocycles. The highest BCUT2D eigenvalue weighted by molar-refractivity contribution is 5.38. The number of aryl methyl sites for hydroxylation is 2. The molecule has 1 heterocycles. The smallest absolute Gasteiger partial charge is 0.125 e. The number of nitrogens with zero attached hydrogens (tertiary/aromatic N) is 2. The summed E-state index contributed by atoms with van der Waals surface area (Å²) in [7, 11) is 1.85. The van der Waals surface area contributed by atoms with Crippen LogP contribution in [0.1, 0.15) is 30.8 Å². The van der Waals surface area contributed by atoms with Gasteiger partial charge < -0.3 is 5.32 Å². The van der Waals surface area contributed by atoms with E-state index in [4.69, 9.17) is 0 Å². The zero-order valence-electron chi connectivity index (χ0n) is 11.7. The average molecular weight is 261 g/mol. The van der Waals surface area contributed by atoms with E-state index < -0.39 is 0 Å². The third kappa shape index (κ3) is 3.01. The lowest BCUT2D eigenvalue weighted by molar-refractivity contribution is 0.620. The predicted octanol–water partition coefficient (Wildman–Crippen LogP) is 2.86. The minimum atomic E-state index is -0.224. The summed E-state index contributed by atoms with van der Waals surface area (Å²) in [6.45, 7) is 4.80. The van der Waals surface area contributed by atoms with Gasteiger partial charge in [0.1, 0.15) is 5.82 Å². The molecule has 0 radical (unpaired) electrons. The standard InChI is InChI=1S/C15H20FN3/c1-4-13-9-14(5-2)19(18-13)15-7-11(10-17-3)6-12(16)8-15/h6-9,17H,4-5,10H2,1-3H3. The molecule has 2 rings (SSSR count). The summed E-state index contributed by atoms with van der Waals surface area (Å²) in [6, 6.07) is 7.15. The molecule has 0 spiro atoms. The second-order valence-electron chi connectivity index (χ2n) is 4.59. The first-order valence-corrected chi connectivity index (χ1v) is 6.70. The summed E-state index contributed by atoms with van der Waals surface area (Å²) in [4.78, 5) is 0. The van der Waals surface area contributed by atoms with Gasteiger partial charge >= 0.3 is 0 Å². The van der Waals surface area contributed by atoms with E-state index in [0.717, 1.165) is 35.5 Å². The Morgan fingerprint density at radius 3 is 2.58 bits per heavy atom. The fourth-order valence-corrected chi connectivity index (χ4v) is 2.18. The van der Waals surface area contributed by atoms with E-state index in [1.54, 1.807) is 6.07 Å². The molecule has 0 aliphatic heterocycles. The van der Waals surface area contributed by atoms with Crippen molar-refractivity contribution in [2.45, 2.75) is 33.2 Å². The van der Waals surface area contributed by atoms with Crippen molar-refractivity contribution in [1.82, 2.24) is 15.1 Å². The van der Waals surface area contributed by atoms with Crippen LogP contribution >= 0.6 is 0 Å². The maximum atomic E-state index is 13.7. The lowest BCUT2D eigenvalue weighted by Crippen LogP contribution is -2.08. The van der Waals surface area contributed by atoms with Crippen LogP contribution in [0.15, 0.2) is 24.3 Å². The van der Waals surface area contributed by atoms with Gasteiger partial charge in [0.15, 0.2) is 0 Å². The van der Waals surface area contributed by atoms with Crippen LogP contribution in [0, 0.1) is 5.82 Å². The van der Waals surface area contributed by atoms with E-state index in [0.29, 0.717) is 6.54 Å². The number of rotatable bonds is 5. The van der Waals surface area contributed by atoms with Gasteiger partial charge in [-0.3, -0.25) is 0 Å². The molecule has 0 saturated heterocycles. The SMILES string of the molecule is CCc1cc(CC)n(-c2cc(F)cc(CNC)c2)n1. The molecule has 0 unspecified atom stereocenters. The Morgan fingerprint density at radius 1 is 1.16 bits per heavy atom. The topological polar surface area (TPSA) is 29.9 Å². The van der Waals surface area contributed by atoms with Crippen LogP contribution in [0.4, 0.5) is 4.39 Å². The van der Waals surface area contributed by atoms with E-state index in [9.17, 15) is 4.39 Å². The normalized spacial score (nSPS) is 10.9. The third-order valence-electron chi connectivity index (χ3n) is 3.13. The van der Waals surface area contributed by atoms with Crippen LogP contribution in [0.25, 0.3) is 5.69 Å². The van der Waals surface area contributed by atoms with Crippen molar-refractivity contribution in [3.63, 3.8) is 0 Å². The van der Waals surface area contributed by atoms with Crippen LogP contribution in [-0.2, 0) is 19.4 Å². The molecule has 0 bridgehead atoms. The lowest BCUT2D eigenvalue weighted by Gasteiger charge is -2.09. The van der Waals surface area contributed by atoms with Crippen molar-refractivity contribution >= 4 is 0 Å². The molecule has 1 aromatic carbocycles. The Hall–Kier alpha value is -1.68. The zero-order chi connectivity index (χ0) is 13.8. The molecule has 4 heteroatoms. The Balaban J connectivity index is 2.48. The highest BCUT2D eigenvalue weighted by atomic mass is 19.1. The molecule has 102 valence electrons. The fourth-order valence-electron chi connectivity index (χ4n) is 2.18. The third-order valence-corrected chi connectivity index (χ3v) is 3.13. The number of halogens is 1. The molecule has 0 amide bonds. The second-order valence-corrected chi connectivity index (χ2v) is 4.59. The predicted molar refractivity (Wildman–Crippen MR) is 75.0 cm³/mol. The van der Waals surface area contributed by atoms with Gasteiger partial charge in [0.2, 0.25) is 0 Å². The quantitative estimate of drug-likeness (QED) is 0.897. The van der Waals surface area contributed by atoms with Crippen molar-refractivity contribution < 1.29 is 4.39 Å². The minimum Gasteiger partial charge on any atom is -0.316 e. The summed E-state index contributed by atoms with van der Waals surface area (Å²) in [5, 5.41) is 7.58. The van der Waals surface area contributed by atoms with Gasteiger partial charge in [0.25, 0.3) is 0 Å². The van der Waals surface area contributed by atoms with E-state index in [2.05, 4.69) is 30.3 Å². The minimum absolute atomic E-state index is 0.224. The lowest BCUT2D eigenvalue weighted by atomic mass is 10.2. The second kappa shape index (κ2) is 5.97. The van der Waals surface area contributed by atoms with Gasteiger partial charge in [-0.2, -0.15) is 5.10 Å². The van der Waals surface area contributed by atoms with E-state index >= 15 is 0 Å². The fraction of sp³-hybridized carbons (Fsp3) is 0.400. The average Bonchev–Trinajstić information content (AvgIpc) is 2.81. The van der Waals surface area contributed by atoms with Crippen LogP contribution in [0.5, 0.6) is 0 Å². The van der Waals surface area contributed by atoms with Gasteiger partial charge in [-0.1, -0.05) is 13.8 Å². The van der Waals surface area contributed by atoms with Gasteiger partial charge in [-0.25, -0.2) is 9.07 Å². The first kappa shape index (κ1) is 13.7. The number of hydrogen-bond donors (Lipinski definition) is 1. The van der Waals surface area contributed by atoms with E-state index in [-0.39, 0.29) is 5.82 Å². The Morgan fingerprint density at radius 2 is 1.95 bits per heavy atom. The Kier molecular flexibility index (Phi) is 4.32. The summed E-state index contributed by atoms with van der Waals surface area (Å²) in [6.07, 6.45) is 1.77. The number of nitrogens with one attached hydrogen (secondary N) is 1. The molecule has 3 nitrogen and oxygen atoms in total. The molecule has 0 fully saturated rings. The molecular weight excluding hydrogens is 241 g/mol. The number of aromatic nitrogens is 2. The van der Waals surface area contributed by atoms with Crippen molar-refractivity contribution in [3.05, 3.63) is 47.0 Å². The van der Waals surface area contributed by atoms with Gasteiger partial charge in [0, 0.05) is 12.2 Å². The summed E-state index contributed by atoms with van der Waals surface area (Å²) in [5.74, 6) is -0.224. The van der Waals surface area contributed by atoms with Crippen molar-refractivity contribution in [3.8, 4) is 5.69 Å². The maximum Gasteiger partial charge on any atom is 0.125 e. The van der Waals surface area contributed by atoms with Crippen LogP contribution in [0.2, 0.25) is 0 Å². The monoisotopic (exact) mass is 261 g/mol. The first-order valence-electron chi connectivity index (χ1n) is 6.70. The van der Waals surface area contributed by atoms with Crippen LogP contribution in [-0.4, -0.2) is 16.8 Å². The summed E-state index contributed by atoms with van der Waals surface area (Å²) in [5.41, 5.74) is 3.86. The van der Waals surface area contributed by atoms with Gasteiger partial charge in [0.05, 0.1) is 11.4 Å². The maximum absolute atomic E-state index is 13.7. The summed E-state index contributed by atoms with van der Waals surface area (Å²) >= 11 is 0. The van der Waals surface area contributed by atoms with Crippen molar-refractivity contribution in [2.24, 2.45) is 0 Å². The van der Waals surface area contributed by atoms with Crippen LogP contribution in [0.3, 0.4) is 0 Å². The molecule has 0 atom stereocenters. The van der Waals surface area contributed by atoms with Crippen LogP contribution < -0.4 is 5.32 Å². The number of benzene rings is 1. The van der Waals surface area contributed by atoms with Gasteiger partial charge in [-0.05, 0) is 49.7 Å². The number of hydrogen-bond acceptors (Lipinski definition) is 2. The molecular formula is C15H20FN3. The molecule has 0 saturated carbocycles. The molecule has 1 N–H and O–H groups in total. The molecule has 1 aromatic heterocycles. The van der Waals surface area contributed by atoms with Crippen molar-refractivity contribution in [2.75, 3.05) is 7.05 Å². The highest BCUT2D eigenvalue weighted by Crippen LogP contribution is 2.17. The zero-order valence-corrected chi connectivity index (χ0v) is 11.7. The van der Waals surface area contributed by atoms with E-state index in [1.165, 1.54) is 6.07 Å². The van der Waals surface area contributed by atoms with Crippen molar-refractivity contribution in [1.29, 1.82) is 0 Å². The Labute approximate surface area is 113 Å². The largest absolute Gasteiger partial charge is 0.316 e. The molecule has 19 heavy (non-hydrogen) atoms. The molecule has 2 aromatic rings. The first-order chi connectivity index (χ1) is 9.17. The molecule has 0 aliphatic rings. The van der Waals surface area contributed by atoms with E-state index in [1.807, 2.05) is 17.8 Å².